The molecule has 1 fully saturated rings. The van der Waals surface area contributed by atoms with Gasteiger partial charge in [0.2, 0.25) is 0 Å². The second-order valence-corrected chi connectivity index (χ2v) is 7.80. The number of anilines is 1. The number of carbonyl (C=O) groups excluding carboxylic acids is 1. The molecule has 0 saturated carbocycles. The van der Waals surface area contributed by atoms with Crippen LogP contribution in [0.2, 0.25) is 0 Å². The fourth-order valence-electron chi connectivity index (χ4n) is 4.26. The van der Waals surface area contributed by atoms with E-state index in [0.29, 0.717) is 19.4 Å². The Morgan fingerprint density at radius 3 is 2.30 bits per heavy atom. The number of esters is 1. The maximum atomic E-state index is 11.7. The highest BCUT2D eigenvalue weighted by Crippen LogP contribution is 2.37. The number of aromatic hydroxyl groups is 2. The van der Waals surface area contributed by atoms with Gasteiger partial charge in [-0.15, -0.1) is 0 Å². The smallest absolute Gasteiger partial charge is 0.303 e. The van der Waals surface area contributed by atoms with Crippen LogP contribution in [0.1, 0.15) is 18.1 Å². The summed E-state index contributed by atoms with van der Waals surface area (Å²) in [6, 6.07) is 5.89. The summed E-state index contributed by atoms with van der Waals surface area (Å²) in [5.74, 6) is 0.715. The number of carbonyl (C=O) groups is 1. The van der Waals surface area contributed by atoms with E-state index in [1.165, 1.54) is 11.5 Å². The van der Waals surface area contributed by atoms with Gasteiger partial charge in [-0.25, -0.2) is 4.98 Å². The van der Waals surface area contributed by atoms with Gasteiger partial charge in [0.1, 0.15) is 11.9 Å². The normalized spacial score (nSPS) is 17.6. The molecule has 8 heteroatoms. The van der Waals surface area contributed by atoms with Gasteiger partial charge in [-0.3, -0.25) is 14.3 Å². The van der Waals surface area contributed by atoms with Gasteiger partial charge < -0.3 is 19.8 Å². The molecule has 0 spiro atoms. The van der Waals surface area contributed by atoms with Gasteiger partial charge in [-0.1, -0.05) is 18.2 Å². The fourth-order valence-corrected chi connectivity index (χ4v) is 4.26. The third kappa shape index (κ3) is 4.28. The molecule has 2 aromatic rings. The summed E-state index contributed by atoms with van der Waals surface area (Å²) in [6.07, 6.45) is 6.48. The van der Waals surface area contributed by atoms with Crippen LogP contribution in [-0.2, 0) is 28.9 Å². The van der Waals surface area contributed by atoms with Gasteiger partial charge in [-0.05, 0) is 25.0 Å². The molecule has 1 saturated heterocycles. The van der Waals surface area contributed by atoms with Crippen LogP contribution in [0.3, 0.4) is 0 Å². The molecule has 2 N–H and O–H groups in total. The third-order valence-electron chi connectivity index (χ3n) is 5.75. The largest absolute Gasteiger partial charge is 0.494 e. The van der Waals surface area contributed by atoms with Crippen molar-refractivity contribution in [3.05, 3.63) is 47.7 Å². The summed E-state index contributed by atoms with van der Waals surface area (Å²) in [5, 5.41) is 21.2. The van der Waals surface area contributed by atoms with Crippen LogP contribution in [0.4, 0.5) is 5.82 Å². The summed E-state index contributed by atoms with van der Waals surface area (Å²) in [4.78, 5) is 20.6. The Morgan fingerprint density at radius 2 is 1.73 bits per heavy atom. The topological polar surface area (TPSA) is 91.1 Å². The van der Waals surface area contributed by atoms with Gasteiger partial charge in [0.25, 0.3) is 0 Å². The van der Waals surface area contributed by atoms with E-state index < -0.39 is 6.10 Å². The summed E-state index contributed by atoms with van der Waals surface area (Å²) >= 11 is 0. The number of hydrogen-bond donors (Lipinski definition) is 2. The predicted octanol–water partition coefficient (Wildman–Crippen LogP) is 1.70. The van der Waals surface area contributed by atoms with E-state index in [9.17, 15) is 15.0 Å². The van der Waals surface area contributed by atoms with Gasteiger partial charge in [-0.2, -0.15) is 0 Å². The van der Waals surface area contributed by atoms with Gasteiger partial charge >= 0.3 is 5.97 Å². The fraction of sp³-hybridized carbons (Fsp3) is 0.455. The second-order valence-electron chi connectivity index (χ2n) is 7.80. The SMILES string of the molecule is CC(=O)OC(CN1CCN(c2ccccn2)CC1)Cn1c(O)c2c(c1O)CC=CC2. The molecule has 1 aliphatic carbocycles. The van der Waals surface area contributed by atoms with Crippen molar-refractivity contribution < 1.29 is 19.7 Å². The molecule has 8 nitrogen and oxygen atoms in total. The molecular formula is C22H28N4O4. The third-order valence-corrected chi connectivity index (χ3v) is 5.75. The Balaban J connectivity index is 1.42. The van der Waals surface area contributed by atoms with Crippen LogP contribution in [0.25, 0.3) is 0 Å². The second kappa shape index (κ2) is 8.79. The maximum Gasteiger partial charge on any atom is 0.303 e. The van der Waals surface area contributed by atoms with Crippen molar-refractivity contribution in [3.8, 4) is 11.8 Å². The van der Waals surface area contributed by atoms with E-state index >= 15 is 0 Å². The maximum absolute atomic E-state index is 11.7. The lowest BCUT2D eigenvalue weighted by Gasteiger charge is -2.36. The van der Waals surface area contributed by atoms with Crippen molar-refractivity contribution in [2.75, 3.05) is 37.6 Å². The monoisotopic (exact) mass is 412 g/mol. The zero-order valence-electron chi connectivity index (χ0n) is 17.2. The Hall–Kier alpha value is -3.00. The molecule has 2 aromatic heterocycles. The average molecular weight is 412 g/mol. The summed E-state index contributed by atoms with van der Waals surface area (Å²) < 4.78 is 7.01. The lowest BCUT2D eigenvalue weighted by atomic mass is 10.0. The zero-order valence-corrected chi connectivity index (χ0v) is 17.2. The van der Waals surface area contributed by atoms with Gasteiger partial charge in [0.15, 0.2) is 11.8 Å². The van der Waals surface area contributed by atoms with Crippen LogP contribution in [0, 0.1) is 0 Å². The van der Waals surface area contributed by atoms with Crippen molar-refractivity contribution in [1.29, 1.82) is 0 Å². The summed E-state index contributed by atoms with van der Waals surface area (Å²) in [5.41, 5.74) is 1.50. The average Bonchev–Trinajstić information content (AvgIpc) is 2.99. The molecule has 2 aliphatic rings. The van der Waals surface area contributed by atoms with Crippen LogP contribution in [0.5, 0.6) is 11.8 Å². The van der Waals surface area contributed by atoms with Crippen LogP contribution in [-0.4, -0.2) is 69.5 Å². The lowest BCUT2D eigenvalue weighted by Crippen LogP contribution is -2.49. The summed E-state index contributed by atoms with van der Waals surface area (Å²) in [6.45, 7) is 5.45. The molecular weight excluding hydrogens is 384 g/mol. The molecule has 4 rings (SSSR count). The number of piperazine rings is 1. The number of rotatable bonds is 6. The van der Waals surface area contributed by atoms with E-state index in [4.69, 9.17) is 4.74 Å². The van der Waals surface area contributed by atoms with Crippen molar-refractivity contribution >= 4 is 11.8 Å². The van der Waals surface area contributed by atoms with Gasteiger partial charge in [0, 0.05) is 57.0 Å². The lowest BCUT2D eigenvalue weighted by molar-refractivity contribution is -0.148. The molecule has 160 valence electrons. The van der Waals surface area contributed by atoms with Crippen LogP contribution < -0.4 is 4.90 Å². The standard InChI is InChI=1S/C22H28N4O4/c1-16(27)30-17(15-26-21(28)18-6-2-3-7-19(18)22(26)29)14-24-10-12-25(13-11-24)20-8-4-5-9-23-20/h2-5,8-9,17,28-29H,6-7,10-15H2,1H3. The molecule has 1 aliphatic heterocycles. The number of fused-ring (bicyclic) bond motifs is 1. The molecule has 1 unspecified atom stereocenters. The molecule has 0 bridgehead atoms. The Bertz CT molecular complexity index is 885. The van der Waals surface area contributed by atoms with Crippen LogP contribution in [0.15, 0.2) is 36.5 Å². The molecule has 1 atom stereocenters. The highest BCUT2D eigenvalue weighted by molar-refractivity contribution is 5.66. The number of ether oxygens (including phenoxy) is 1. The van der Waals surface area contributed by atoms with E-state index in [1.807, 2.05) is 30.4 Å². The predicted molar refractivity (Wildman–Crippen MR) is 113 cm³/mol. The van der Waals surface area contributed by atoms with E-state index in [1.54, 1.807) is 6.20 Å². The minimum Gasteiger partial charge on any atom is -0.494 e. The highest BCUT2D eigenvalue weighted by atomic mass is 16.5. The van der Waals surface area contributed by atoms with Gasteiger partial charge in [0.05, 0.1) is 6.54 Å². The zero-order chi connectivity index (χ0) is 21.1. The molecule has 0 aromatic carbocycles. The quantitative estimate of drug-likeness (QED) is 0.551. The Kier molecular flexibility index (Phi) is 5.94. The Labute approximate surface area is 176 Å². The first-order valence-electron chi connectivity index (χ1n) is 10.4. The number of aromatic nitrogens is 2. The molecule has 0 amide bonds. The first-order valence-corrected chi connectivity index (χ1v) is 10.4. The molecule has 3 heterocycles. The van der Waals surface area contributed by atoms with E-state index in [-0.39, 0.29) is 24.3 Å². The van der Waals surface area contributed by atoms with Crippen molar-refractivity contribution in [1.82, 2.24) is 14.5 Å². The number of pyridine rings is 1. The first kappa shape index (κ1) is 20.3. The van der Waals surface area contributed by atoms with Crippen molar-refractivity contribution in [3.63, 3.8) is 0 Å². The highest BCUT2D eigenvalue weighted by Gasteiger charge is 2.27. The molecule has 30 heavy (non-hydrogen) atoms. The summed E-state index contributed by atoms with van der Waals surface area (Å²) in [7, 11) is 0. The van der Waals surface area contributed by atoms with Crippen molar-refractivity contribution in [2.24, 2.45) is 0 Å². The van der Waals surface area contributed by atoms with Crippen LogP contribution >= 0.6 is 0 Å². The minimum atomic E-state index is -0.470. The number of hydrogen-bond acceptors (Lipinski definition) is 7. The number of nitrogens with zero attached hydrogens (tertiary/aromatic N) is 4. The Morgan fingerprint density at radius 1 is 1.07 bits per heavy atom. The first-order chi connectivity index (χ1) is 14.5. The van der Waals surface area contributed by atoms with E-state index in [2.05, 4.69) is 14.8 Å². The number of allylic oxidation sites excluding steroid dienone is 2. The minimum absolute atomic E-state index is 0.0592. The van der Waals surface area contributed by atoms with E-state index in [0.717, 1.165) is 43.1 Å². The molecule has 0 radical (unpaired) electrons. The van der Waals surface area contributed by atoms with Crippen molar-refractivity contribution in [2.45, 2.75) is 32.4 Å².